The molecule has 0 atom stereocenters. The van der Waals surface area contributed by atoms with E-state index in [0.29, 0.717) is 17.9 Å². The number of carboxylic acids is 1. The first-order chi connectivity index (χ1) is 14.1. The topological polar surface area (TPSA) is 70.1 Å². The highest BCUT2D eigenvalue weighted by molar-refractivity contribution is 7.16. The maximum Gasteiger partial charge on any atom is 0.337 e. The van der Waals surface area contributed by atoms with Gasteiger partial charge in [0.15, 0.2) is 6.61 Å². The molecule has 0 saturated heterocycles. The summed E-state index contributed by atoms with van der Waals surface area (Å²) < 4.78 is 5.72. The van der Waals surface area contributed by atoms with Gasteiger partial charge in [0.2, 0.25) is 0 Å². The molecule has 0 unspecified atom stereocenters. The Morgan fingerprint density at radius 2 is 2.07 bits per heavy atom. The molecule has 1 aromatic heterocycles. The Balaban J connectivity index is 1.93. The van der Waals surface area contributed by atoms with E-state index in [1.165, 1.54) is 4.88 Å². The van der Waals surface area contributed by atoms with Crippen molar-refractivity contribution in [2.24, 2.45) is 5.41 Å². The fourth-order valence-corrected chi connectivity index (χ4v) is 5.74. The number of hydrogen-bond donors (Lipinski definition) is 1. The number of fused-ring (bicyclic) bond motifs is 2. The molecule has 0 fully saturated rings. The van der Waals surface area contributed by atoms with E-state index in [1.807, 2.05) is 31.1 Å². The Morgan fingerprint density at radius 1 is 1.33 bits per heavy atom. The van der Waals surface area contributed by atoms with E-state index in [4.69, 9.17) is 4.74 Å². The molecule has 1 aromatic carbocycles. The standard InChI is InChI=1S/C23H28N2O4S/c1-23(2)7-6-18-15(10-23)20(22(27)28)21(30-18)14-9-17-16(8-13(14)11-24(3)4)25(5)19(26)12-29-17/h8-9H,6-7,10-12H2,1-5H3,(H,27,28). The zero-order valence-corrected chi connectivity index (χ0v) is 19.0. The second-order valence-electron chi connectivity index (χ2n) is 9.31. The molecule has 160 valence electrons. The molecule has 4 rings (SSSR count). The van der Waals surface area contributed by atoms with Crippen molar-refractivity contribution >= 4 is 28.9 Å². The molecule has 1 aliphatic carbocycles. The van der Waals surface area contributed by atoms with Crippen LogP contribution in [0.4, 0.5) is 5.69 Å². The first-order valence-corrected chi connectivity index (χ1v) is 11.0. The summed E-state index contributed by atoms with van der Waals surface area (Å²) in [5.74, 6) is -0.342. The van der Waals surface area contributed by atoms with Crippen LogP contribution in [0.15, 0.2) is 12.1 Å². The predicted octanol–water partition coefficient (Wildman–Crippen LogP) is 4.05. The zero-order valence-electron chi connectivity index (χ0n) is 18.2. The maximum atomic E-state index is 12.4. The minimum atomic E-state index is -0.873. The molecule has 2 heterocycles. The number of ether oxygens (including phenoxy) is 1. The van der Waals surface area contributed by atoms with Gasteiger partial charge in [-0.05, 0) is 62.0 Å². The van der Waals surface area contributed by atoms with Gasteiger partial charge in [-0.2, -0.15) is 0 Å². The van der Waals surface area contributed by atoms with Crippen LogP contribution in [0.3, 0.4) is 0 Å². The smallest absolute Gasteiger partial charge is 0.337 e. The highest BCUT2D eigenvalue weighted by Crippen LogP contribution is 2.48. The van der Waals surface area contributed by atoms with Gasteiger partial charge in [0.1, 0.15) is 5.75 Å². The number of amides is 1. The summed E-state index contributed by atoms with van der Waals surface area (Å²) in [5, 5.41) is 10.1. The monoisotopic (exact) mass is 428 g/mol. The van der Waals surface area contributed by atoms with Crippen LogP contribution in [0.2, 0.25) is 0 Å². The predicted molar refractivity (Wildman–Crippen MR) is 119 cm³/mol. The average molecular weight is 429 g/mol. The molecular weight excluding hydrogens is 400 g/mol. The Labute approximate surface area is 181 Å². The maximum absolute atomic E-state index is 12.4. The van der Waals surface area contributed by atoms with Gasteiger partial charge in [0.05, 0.1) is 11.3 Å². The fourth-order valence-electron chi connectivity index (χ4n) is 4.38. The molecule has 2 aromatic rings. The summed E-state index contributed by atoms with van der Waals surface area (Å²) in [6.07, 6.45) is 2.75. The number of hydrogen-bond acceptors (Lipinski definition) is 5. The summed E-state index contributed by atoms with van der Waals surface area (Å²) >= 11 is 1.60. The largest absolute Gasteiger partial charge is 0.482 e. The second-order valence-corrected chi connectivity index (χ2v) is 10.4. The summed E-state index contributed by atoms with van der Waals surface area (Å²) in [4.78, 5) is 30.1. The second kappa shape index (κ2) is 7.39. The van der Waals surface area contributed by atoms with E-state index in [2.05, 4.69) is 13.8 Å². The van der Waals surface area contributed by atoms with Crippen LogP contribution < -0.4 is 9.64 Å². The van der Waals surface area contributed by atoms with Crippen molar-refractivity contribution < 1.29 is 19.4 Å². The van der Waals surface area contributed by atoms with Crippen LogP contribution in [-0.2, 0) is 24.2 Å². The van der Waals surface area contributed by atoms with Crippen LogP contribution in [0.1, 0.15) is 46.6 Å². The van der Waals surface area contributed by atoms with Gasteiger partial charge in [-0.15, -0.1) is 11.3 Å². The number of likely N-dealkylation sites (N-methyl/N-ethyl adjacent to an activating group) is 1. The van der Waals surface area contributed by atoms with Crippen molar-refractivity contribution in [1.82, 2.24) is 4.90 Å². The molecule has 1 aliphatic heterocycles. The lowest BCUT2D eigenvalue weighted by Gasteiger charge is -2.29. The number of carbonyl (C=O) groups excluding carboxylic acids is 1. The van der Waals surface area contributed by atoms with Crippen molar-refractivity contribution in [3.63, 3.8) is 0 Å². The number of nitrogens with zero attached hydrogens (tertiary/aromatic N) is 2. The summed E-state index contributed by atoms with van der Waals surface area (Å²) in [6.45, 7) is 5.04. The van der Waals surface area contributed by atoms with Crippen molar-refractivity contribution in [2.45, 2.75) is 39.7 Å². The number of anilines is 1. The summed E-state index contributed by atoms with van der Waals surface area (Å²) in [6, 6.07) is 3.89. The van der Waals surface area contributed by atoms with E-state index < -0.39 is 5.97 Å². The molecule has 7 heteroatoms. The van der Waals surface area contributed by atoms with E-state index in [-0.39, 0.29) is 17.9 Å². The van der Waals surface area contributed by atoms with Gasteiger partial charge in [-0.25, -0.2) is 4.79 Å². The number of benzene rings is 1. The Morgan fingerprint density at radius 3 is 2.73 bits per heavy atom. The van der Waals surface area contributed by atoms with Crippen molar-refractivity contribution in [3.8, 4) is 16.2 Å². The van der Waals surface area contributed by atoms with Gasteiger partial charge in [0, 0.05) is 28.9 Å². The SMILES string of the molecule is CN(C)Cc1cc2c(cc1-c1sc3c(c1C(=O)O)CC(C)(C)CC3)OCC(=O)N2C. The highest BCUT2D eigenvalue weighted by atomic mass is 32.1. The molecule has 0 bridgehead atoms. The van der Waals surface area contributed by atoms with Crippen LogP contribution in [0, 0.1) is 5.41 Å². The third-order valence-corrected chi connectivity index (χ3v) is 7.32. The lowest BCUT2D eigenvalue weighted by atomic mass is 9.76. The quantitative estimate of drug-likeness (QED) is 0.796. The fraction of sp³-hybridized carbons (Fsp3) is 0.478. The molecule has 1 amide bonds. The first-order valence-electron chi connectivity index (χ1n) is 10.2. The average Bonchev–Trinajstić information content (AvgIpc) is 3.01. The molecule has 1 N–H and O–H groups in total. The van der Waals surface area contributed by atoms with Gasteiger partial charge >= 0.3 is 5.97 Å². The van der Waals surface area contributed by atoms with Gasteiger partial charge < -0.3 is 19.6 Å². The molecule has 0 spiro atoms. The molecule has 30 heavy (non-hydrogen) atoms. The van der Waals surface area contributed by atoms with Gasteiger partial charge in [-0.1, -0.05) is 13.8 Å². The van der Waals surface area contributed by atoms with Crippen LogP contribution >= 0.6 is 11.3 Å². The van der Waals surface area contributed by atoms with Gasteiger partial charge in [-0.3, -0.25) is 4.79 Å². The Kier molecular flexibility index (Phi) is 5.14. The zero-order chi connectivity index (χ0) is 21.8. The number of thiophene rings is 1. The third-order valence-electron chi connectivity index (χ3n) is 5.99. The van der Waals surface area contributed by atoms with Crippen LogP contribution in [-0.4, -0.2) is 49.6 Å². The van der Waals surface area contributed by atoms with Crippen LogP contribution in [0.5, 0.6) is 5.75 Å². The summed E-state index contributed by atoms with van der Waals surface area (Å²) in [7, 11) is 5.71. The minimum Gasteiger partial charge on any atom is -0.482 e. The number of carbonyl (C=O) groups is 2. The lowest BCUT2D eigenvalue weighted by Crippen LogP contribution is -2.35. The van der Waals surface area contributed by atoms with Crippen LogP contribution in [0.25, 0.3) is 10.4 Å². The Hall–Kier alpha value is -2.38. The third kappa shape index (κ3) is 3.61. The summed E-state index contributed by atoms with van der Waals surface area (Å²) in [5.41, 5.74) is 4.13. The first kappa shape index (κ1) is 20.9. The van der Waals surface area contributed by atoms with Gasteiger partial charge in [0.25, 0.3) is 5.91 Å². The lowest BCUT2D eigenvalue weighted by molar-refractivity contribution is -0.120. The van der Waals surface area contributed by atoms with Crippen molar-refractivity contribution in [2.75, 3.05) is 32.6 Å². The van der Waals surface area contributed by atoms with E-state index in [1.54, 1.807) is 23.3 Å². The van der Waals surface area contributed by atoms with E-state index in [0.717, 1.165) is 46.5 Å². The van der Waals surface area contributed by atoms with E-state index in [9.17, 15) is 14.7 Å². The Bertz CT molecular complexity index is 1040. The number of rotatable bonds is 4. The molecule has 2 aliphatic rings. The number of aryl methyl sites for hydroxylation is 1. The number of carboxylic acid groups (broad SMARTS) is 1. The molecule has 0 radical (unpaired) electrons. The molecular formula is C23H28N2O4S. The normalized spacial score (nSPS) is 17.5. The highest BCUT2D eigenvalue weighted by Gasteiger charge is 2.34. The minimum absolute atomic E-state index is 0.00309. The number of aromatic carboxylic acids is 1. The van der Waals surface area contributed by atoms with Crippen molar-refractivity contribution in [3.05, 3.63) is 33.7 Å². The molecule has 6 nitrogen and oxygen atoms in total. The van der Waals surface area contributed by atoms with E-state index >= 15 is 0 Å². The van der Waals surface area contributed by atoms with Crippen molar-refractivity contribution in [1.29, 1.82) is 0 Å². The molecule has 0 saturated carbocycles.